The summed E-state index contributed by atoms with van der Waals surface area (Å²) in [5, 5.41) is 8.23. The van der Waals surface area contributed by atoms with Crippen LogP contribution in [0.15, 0.2) is 30.7 Å². The normalized spacial score (nSPS) is 14.9. The standard InChI is InChI=1S/C24H24Cl2F3N7O3S/c1-13(23-31-11-17(40-23)21(37)35-14-2-3-16(25)15(10-14)24(27,28)29)34-22(38)19-18(26)20(33-12-32-19)30-4-5-36-6-8-39-9-7-36/h2-3,10-13H,4-9H2,1H3,(H,34,38)(H,35,37)(H,30,32,33). The summed E-state index contributed by atoms with van der Waals surface area (Å²) in [6, 6.07) is 2.44. The molecule has 1 unspecified atom stereocenters. The molecule has 1 aliphatic heterocycles. The monoisotopic (exact) mass is 617 g/mol. The molecule has 40 heavy (non-hydrogen) atoms. The number of nitrogens with zero attached hydrogens (tertiary/aromatic N) is 4. The van der Waals surface area contributed by atoms with E-state index in [0.717, 1.165) is 43.1 Å². The van der Waals surface area contributed by atoms with Crippen LogP contribution < -0.4 is 16.0 Å². The van der Waals surface area contributed by atoms with Crippen molar-refractivity contribution >= 4 is 57.9 Å². The summed E-state index contributed by atoms with van der Waals surface area (Å²) in [6.45, 7) is 6.02. The van der Waals surface area contributed by atoms with Crippen molar-refractivity contribution in [3.8, 4) is 0 Å². The first kappa shape index (κ1) is 29.9. The quantitative estimate of drug-likeness (QED) is 0.315. The molecule has 1 aliphatic rings. The molecule has 2 amide bonds. The van der Waals surface area contributed by atoms with Crippen LogP contribution in [0, 0.1) is 0 Å². The highest BCUT2D eigenvalue weighted by Gasteiger charge is 2.33. The topological polar surface area (TPSA) is 121 Å². The Labute approximate surface area is 241 Å². The molecule has 2 aromatic heterocycles. The summed E-state index contributed by atoms with van der Waals surface area (Å²) in [7, 11) is 0. The van der Waals surface area contributed by atoms with Gasteiger partial charge < -0.3 is 20.7 Å². The fraction of sp³-hybridized carbons (Fsp3) is 0.375. The van der Waals surface area contributed by atoms with E-state index >= 15 is 0 Å². The molecule has 3 heterocycles. The first-order chi connectivity index (χ1) is 19.0. The van der Waals surface area contributed by atoms with Crippen molar-refractivity contribution in [2.45, 2.75) is 19.1 Å². The fourth-order valence-corrected chi connectivity index (χ4v) is 5.03. The maximum Gasteiger partial charge on any atom is 0.417 e. The number of hydrogen-bond acceptors (Lipinski definition) is 9. The van der Waals surface area contributed by atoms with Crippen LogP contribution in [0.1, 0.15) is 43.7 Å². The number of benzene rings is 1. The van der Waals surface area contributed by atoms with Crippen molar-refractivity contribution in [1.82, 2.24) is 25.2 Å². The third-order valence-electron chi connectivity index (χ3n) is 5.82. The second kappa shape index (κ2) is 13.1. The molecule has 10 nitrogen and oxygen atoms in total. The Kier molecular flexibility index (Phi) is 9.79. The summed E-state index contributed by atoms with van der Waals surface area (Å²) >= 11 is 13.0. The van der Waals surface area contributed by atoms with Gasteiger partial charge in [-0.1, -0.05) is 23.2 Å². The summed E-state index contributed by atoms with van der Waals surface area (Å²) in [5.74, 6) is -0.908. The Bertz CT molecular complexity index is 1370. The van der Waals surface area contributed by atoms with Gasteiger partial charge in [-0.05, 0) is 25.1 Å². The second-order valence-corrected chi connectivity index (χ2v) is 10.5. The van der Waals surface area contributed by atoms with Crippen molar-refractivity contribution in [3.63, 3.8) is 0 Å². The van der Waals surface area contributed by atoms with Gasteiger partial charge in [-0.2, -0.15) is 13.2 Å². The number of carbonyl (C=O) groups is 2. The molecule has 4 rings (SSSR count). The number of thiazole rings is 1. The number of nitrogens with one attached hydrogen (secondary N) is 3. The molecule has 3 aromatic rings. The van der Waals surface area contributed by atoms with E-state index in [0.29, 0.717) is 30.6 Å². The smallest absolute Gasteiger partial charge is 0.379 e. The van der Waals surface area contributed by atoms with Crippen LogP contribution in [0.2, 0.25) is 10.0 Å². The highest BCUT2D eigenvalue weighted by Crippen LogP contribution is 2.36. The predicted molar refractivity (Wildman–Crippen MR) is 145 cm³/mol. The predicted octanol–water partition coefficient (Wildman–Crippen LogP) is 4.75. The Morgan fingerprint density at radius 3 is 2.62 bits per heavy atom. The SMILES string of the molecule is CC(NC(=O)c1ncnc(NCCN2CCOCC2)c1Cl)c1ncc(C(=O)Nc2ccc(Cl)c(C(F)(F)F)c2)s1. The first-order valence-corrected chi connectivity index (χ1v) is 13.6. The van der Waals surface area contributed by atoms with Gasteiger partial charge in [-0.3, -0.25) is 14.5 Å². The van der Waals surface area contributed by atoms with E-state index in [4.69, 9.17) is 27.9 Å². The number of ether oxygens (including phenoxy) is 1. The number of rotatable bonds is 9. The first-order valence-electron chi connectivity index (χ1n) is 12.0. The number of hydrogen-bond donors (Lipinski definition) is 3. The maximum atomic E-state index is 13.1. The van der Waals surface area contributed by atoms with E-state index < -0.39 is 34.6 Å². The van der Waals surface area contributed by atoms with Crippen LogP contribution in [0.4, 0.5) is 24.7 Å². The summed E-state index contributed by atoms with van der Waals surface area (Å²) in [6.07, 6.45) is -2.17. The zero-order chi connectivity index (χ0) is 28.9. The Morgan fingerprint density at radius 2 is 1.90 bits per heavy atom. The van der Waals surface area contributed by atoms with Crippen LogP contribution >= 0.6 is 34.5 Å². The van der Waals surface area contributed by atoms with Gasteiger partial charge in [-0.25, -0.2) is 15.0 Å². The van der Waals surface area contributed by atoms with Crippen LogP contribution in [0.5, 0.6) is 0 Å². The van der Waals surface area contributed by atoms with Crippen LogP contribution in [-0.2, 0) is 10.9 Å². The van der Waals surface area contributed by atoms with Crippen molar-refractivity contribution < 1.29 is 27.5 Å². The minimum atomic E-state index is -4.67. The van der Waals surface area contributed by atoms with E-state index in [9.17, 15) is 22.8 Å². The largest absolute Gasteiger partial charge is 0.417 e. The number of alkyl halides is 3. The lowest BCUT2D eigenvalue weighted by molar-refractivity contribution is -0.137. The summed E-state index contributed by atoms with van der Waals surface area (Å²) in [4.78, 5) is 40.2. The highest BCUT2D eigenvalue weighted by molar-refractivity contribution is 7.13. The highest BCUT2D eigenvalue weighted by atomic mass is 35.5. The molecule has 0 spiro atoms. The number of carbonyl (C=O) groups excluding carboxylic acids is 2. The van der Waals surface area contributed by atoms with Crippen LogP contribution in [0.25, 0.3) is 0 Å². The van der Waals surface area contributed by atoms with E-state index in [2.05, 4.69) is 35.8 Å². The lowest BCUT2D eigenvalue weighted by Crippen LogP contribution is -2.39. The molecule has 1 atom stereocenters. The molecule has 1 fully saturated rings. The van der Waals surface area contributed by atoms with Gasteiger partial charge >= 0.3 is 6.18 Å². The van der Waals surface area contributed by atoms with Crippen molar-refractivity contribution in [2.75, 3.05) is 50.0 Å². The molecular formula is C24H24Cl2F3N7O3S. The van der Waals surface area contributed by atoms with Crippen molar-refractivity contribution in [3.05, 3.63) is 61.9 Å². The van der Waals surface area contributed by atoms with E-state index in [1.807, 2.05) is 0 Å². The molecule has 0 saturated carbocycles. The average molecular weight is 618 g/mol. The van der Waals surface area contributed by atoms with E-state index in [1.54, 1.807) is 6.92 Å². The van der Waals surface area contributed by atoms with Crippen LogP contribution in [-0.4, -0.2) is 71.1 Å². The number of amides is 2. The molecule has 1 saturated heterocycles. The van der Waals surface area contributed by atoms with E-state index in [-0.39, 0.29) is 21.3 Å². The van der Waals surface area contributed by atoms with Gasteiger partial charge in [-0.15, -0.1) is 11.3 Å². The van der Waals surface area contributed by atoms with E-state index in [1.165, 1.54) is 18.6 Å². The molecular weight excluding hydrogens is 594 g/mol. The lowest BCUT2D eigenvalue weighted by Gasteiger charge is -2.26. The fourth-order valence-electron chi connectivity index (χ4n) is 3.74. The lowest BCUT2D eigenvalue weighted by atomic mass is 10.2. The van der Waals surface area contributed by atoms with Crippen molar-refractivity contribution in [2.24, 2.45) is 0 Å². The molecule has 0 radical (unpaired) electrons. The minimum absolute atomic E-state index is 0.0323. The van der Waals surface area contributed by atoms with Gasteiger partial charge in [0.05, 0.1) is 36.0 Å². The molecule has 0 aliphatic carbocycles. The number of anilines is 2. The number of aromatic nitrogens is 3. The molecule has 1 aromatic carbocycles. The van der Waals surface area contributed by atoms with Crippen molar-refractivity contribution in [1.29, 1.82) is 0 Å². The molecule has 214 valence electrons. The van der Waals surface area contributed by atoms with Gasteiger partial charge in [0.25, 0.3) is 11.8 Å². The average Bonchev–Trinajstić information content (AvgIpc) is 3.42. The summed E-state index contributed by atoms with van der Waals surface area (Å²) < 4.78 is 44.7. The minimum Gasteiger partial charge on any atom is -0.379 e. The maximum absolute atomic E-state index is 13.1. The number of morpholine rings is 1. The Hall–Kier alpha value is -3.04. The molecule has 3 N–H and O–H groups in total. The van der Waals surface area contributed by atoms with Gasteiger partial charge in [0, 0.05) is 31.9 Å². The number of halogens is 5. The molecule has 0 bridgehead atoms. The van der Waals surface area contributed by atoms with Crippen LogP contribution in [0.3, 0.4) is 0 Å². The Morgan fingerprint density at radius 1 is 1.15 bits per heavy atom. The zero-order valence-electron chi connectivity index (χ0n) is 21.0. The van der Waals surface area contributed by atoms with Gasteiger partial charge in [0.15, 0.2) is 5.69 Å². The third-order valence-corrected chi connectivity index (χ3v) is 7.69. The Balaban J connectivity index is 1.35. The van der Waals surface area contributed by atoms with Gasteiger partial charge in [0.1, 0.15) is 27.1 Å². The van der Waals surface area contributed by atoms with Gasteiger partial charge in [0.2, 0.25) is 0 Å². The molecule has 16 heteroatoms. The second-order valence-electron chi connectivity index (χ2n) is 8.67. The zero-order valence-corrected chi connectivity index (χ0v) is 23.3. The third kappa shape index (κ3) is 7.57. The summed E-state index contributed by atoms with van der Waals surface area (Å²) in [5.41, 5.74) is -1.17.